The second-order valence-corrected chi connectivity index (χ2v) is 4.69. The largest absolute Gasteiger partial charge is 0.440 e. The molecule has 0 aliphatic rings. The van der Waals surface area contributed by atoms with Crippen LogP contribution in [0.25, 0.3) is 0 Å². The van der Waals surface area contributed by atoms with Crippen LogP contribution in [0.4, 0.5) is 18.0 Å². The highest BCUT2D eigenvalue weighted by atomic mass is 19.4. The van der Waals surface area contributed by atoms with Crippen molar-refractivity contribution in [3.8, 4) is 0 Å². The quantitative estimate of drug-likeness (QED) is 0.876. The van der Waals surface area contributed by atoms with Crippen molar-refractivity contribution in [2.45, 2.75) is 26.1 Å². The first kappa shape index (κ1) is 17.8. The molecule has 0 aliphatic heterocycles. The number of carbonyl (C=O) groups excluding carboxylic acids is 2. The van der Waals surface area contributed by atoms with Gasteiger partial charge in [0.25, 0.3) is 0 Å². The Labute approximate surface area is 125 Å². The maximum absolute atomic E-state index is 11.8. The Hall–Kier alpha value is -2.25. The monoisotopic (exact) mass is 318 g/mol. The average Bonchev–Trinajstić information content (AvgIpc) is 2.42. The Morgan fingerprint density at radius 2 is 1.91 bits per heavy atom. The number of aryl methyl sites for hydroxylation is 1. The minimum absolute atomic E-state index is 0.290. The molecule has 1 aromatic carbocycles. The van der Waals surface area contributed by atoms with Gasteiger partial charge in [-0.1, -0.05) is 24.3 Å². The van der Waals surface area contributed by atoms with E-state index in [-0.39, 0.29) is 6.04 Å². The number of nitrogens with one attached hydrogen (secondary N) is 2. The van der Waals surface area contributed by atoms with Crippen LogP contribution in [0.5, 0.6) is 0 Å². The molecule has 8 heteroatoms. The standard InChI is InChI=1S/C14H17F3N2O3/c1-9-5-3-4-6-11(9)10(2)19-12(20)7-18-13(21)22-8-14(15,16)17/h3-6,10H,7-8H2,1-2H3,(H,18,21)(H,19,20). The molecule has 0 aromatic heterocycles. The summed E-state index contributed by atoms with van der Waals surface area (Å²) in [5.41, 5.74) is 1.91. The summed E-state index contributed by atoms with van der Waals surface area (Å²) in [6.45, 7) is 1.50. The Balaban J connectivity index is 2.37. The van der Waals surface area contributed by atoms with Crippen LogP contribution in [-0.2, 0) is 9.53 Å². The molecule has 122 valence electrons. The van der Waals surface area contributed by atoms with E-state index in [0.717, 1.165) is 11.1 Å². The summed E-state index contributed by atoms with van der Waals surface area (Å²) >= 11 is 0. The Bertz CT molecular complexity index is 532. The van der Waals surface area contributed by atoms with Crippen LogP contribution in [0.15, 0.2) is 24.3 Å². The smallest absolute Gasteiger partial charge is 0.422 e. The van der Waals surface area contributed by atoms with Crippen molar-refractivity contribution in [1.29, 1.82) is 0 Å². The van der Waals surface area contributed by atoms with Crippen LogP contribution in [0, 0.1) is 6.92 Å². The van der Waals surface area contributed by atoms with Crippen molar-refractivity contribution in [3.63, 3.8) is 0 Å². The van der Waals surface area contributed by atoms with Gasteiger partial charge < -0.3 is 15.4 Å². The molecule has 0 heterocycles. The van der Waals surface area contributed by atoms with E-state index in [1.165, 1.54) is 0 Å². The molecular weight excluding hydrogens is 301 g/mol. The number of rotatable bonds is 5. The molecule has 22 heavy (non-hydrogen) atoms. The lowest BCUT2D eigenvalue weighted by Crippen LogP contribution is -2.39. The number of hydrogen-bond acceptors (Lipinski definition) is 3. The highest BCUT2D eigenvalue weighted by molar-refractivity contribution is 5.82. The van der Waals surface area contributed by atoms with Gasteiger partial charge in [-0.3, -0.25) is 4.79 Å². The summed E-state index contributed by atoms with van der Waals surface area (Å²) in [6, 6.07) is 7.15. The zero-order valence-electron chi connectivity index (χ0n) is 12.2. The van der Waals surface area contributed by atoms with Crippen molar-refractivity contribution < 1.29 is 27.5 Å². The fourth-order valence-electron chi connectivity index (χ4n) is 1.79. The fourth-order valence-corrected chi connectivity index (χ4v) is 1.79. The maximum atomic E-state index is 11.8. The summed E-state index contributed by atoms with van der Waals surface area (Å²) in [5, 5.41) is 4.59. The number of halogens is 3. The van der Waals surface area contributed by atoms with Crippen molar-refractivity contribution >= 4 is 12.0 Å². The van der Waals surface area contributed by atoms with Crippen LogP contribution < -0.4 is 10.6 Å². The number of amides is 2. The third-order valence-electron chi connectivity index (χ3n) is 2.79. The summed E-state index contributed by atoms with van der Waals surface area (Å²) in [7, 11) is 0. The first-order valence-corrected chi connectivity index (χ1v) is 6.51. The zero-order chi connectivity index (χ0) is 16.8. The van der Waals surface area contributed by atoms with Gasteiger partial charge in [0.1, 0.15) is 6.54 Å². The number of hydrogen-bond donors (Lipinski definition) is 2. The van der Waals surface area contributed by atoms with Crippen molar-refractivity contribution in [3.05, 3.63) is 35.4 Å². The van der Waals surface area contributed by atoms with Crippen LogP contribution in [-0.4, -0.2) is 31.3 Å². The molecule has 0 fully saturated rings. The van der Waals surface area contributed by atoms with Gasteiger partial charge in [0, 0.05) is 0 Å². The molecule has 1 aromatic rings. The Kier molecular flexibility index (Phi) is 6.21. The number of alkyl halides is 3. The molecule has 0 saturated carbocycles. The van der Waals surface area contributed by atoms with E-state index < -0.39 is 31.3 Å². The molecule has 1 unspecified atom stereocenters. The van der Waals surface area contributed by atoms with E-state index in [1.807, 2.05) is 36.5 Å². The molecule has 2 amide bonds. The van der Waals surface area contributed by atoms with E-state index >= 15 is 0 Å². The summed E-state index contributed by atoms with van der Waals surface area (Å²) in [4.78, 5) is 22.6. The number of benzene rings is 1. The zero-order valence-corrected chi connectivity index (χ0v) is 12.2. The minimum Gasteiger partial charge on any atom is -0.440 e. The summed E-state index contributed by atoms with van der Waals surface area (Å²) in [6.07, 6.45) is -5.89. The van der Waals surface area contributed by atoms with Crippen molar-refractivity contribution in [1.82, 2.24) is 10.6 Å². The van der Waals surface area contributed by atoms with E-state index in [0.29, 0.717) is 0 Å². The number of alkyl carbamates (subject to hydrolysis) is 1. The molecule has 1 rings (SSSR count). The topological polar surface area (TPSA) is 67.4 Å². The molecular formula is C14H17F3N2O3. The van der Waals surface area contributed by atoms with Gasteiger partial charge in [-0.2, -0.15) is 13.2 Å². The molecule has 0 bridgehead atoms. The molecule has 0 aliphatic carbocycles. The van der Waals surface area contributed by atoms with E-state index in [2.05, 4.69) is 10.1 Å². The first-order chi connectivity index (χ1) is 10.2. The number of ether oxygens (including phenoxy) is 1. The van der Waals surface area contributed by atoms with Gasteiger partial charge in [-0.25, -0.2) is 4.79 Å². The fraction of sp³-hybridized carbons (Fsp3) is 0.429. The minimum atomic E-state index is -4.60. The van der Waals surface area contributed by atoms with Gasteiger partial charge in [0.05, 0.1) is 6.04 Å². The van der Waals surface area contributed by atoms with Crippen LogP contribution in [0.3, 0.4) is 0 Å². The molecule has 0 radical (unpaired) electrons. The Morgan fingerprint density at radius 3 is 2.50 bits per heavy atom. The molecule has 1 atom stereocenters. The predicted molar refractivity (Wildman–Crippen MR) is 73.1 cm³/mol. The molecule has 0 saturated heterocycles. The highest BCUT2D eigenvalue weighted by Crippen LogP contribution is 2.16. The molecule has 2 N–H and O–H groups in total. The average molecular weight is 318 g/mol. The highest BCUT2D eigenvalue weighted by Gasteiger charge is 2.29. The van der Waals surface area contributed by atoms with E-state index in [4.69, 9.17) is 0 Å². The lowest BCUT2D eigenvalue weighted by Gasteiger charge is -2.16. The molecule has 0 spiro atoms. The predicted octanol–water partition coefficient (Wildman–Crippen LogP) is 2.46. The number of carbonyl (C=O) groups is 2. The second-order valence-electron chi connectivity index (χ2n) is 4.69. The van der Waals surface area contributed by atoms with Crippen molar-refractivity contribution in [2.24, 2.45) is 0 Å². The third kappa shape index (κ3) is 6.47. The van der Waals surface area contributed by atoms with Gasteiger partial charge in [0.15, 0.2) is 6.61 Å². The maximum Gasteiger partial charge on any atom is 0.422 e. The summed E-state index contributed by atoms with van der Waals surface area (Å²) in [5.74, 6) is -0.528. The lowest BCUT2D eigenvalue weighted by molar-refractivity contribution is -0.160. The molecule has 5 nitrogen and oxygen atoms in total. The van der Waals surface area contributed by atoms with Crippen LogP contribution in [0.1, 0.15) is 24.1 Å². The second kappa shape index (κ2) is 7.67. The third-order valence-corrected chi connectivity index (χ3v) is 2.79. The van der Waals surface area contributed by atoms with Crippen LogP contribution >= 0.6 is 0 Å². The van der Waals surface area contributed by atoms with E-state index in [9.17, 15) is 22.8 Å². The first-order valence-electron chi connectivity index (χ1n) is 6.51. The van der Waals surface area contributed by atoms with E-state index in [1.54, 1.807) is 6.92 Å². The van der Waals surface area contributed by atoms with Crippen molar-refractivity contribution in [2.75, 3.05) is 13.2 Å². The normalized spacial score (nSPS) is 12.4. The van der Waals surface area contributed by atoms with Gasteiger partial charge in [-0.15, -0.1) is 0 Å². The van der Waals surface area contributed by atoms with Gasteiger partial charge in [-0.05, 0) is 25.0 Å². The van der Waals surface area contributed by atoms with Crippen LogP contribution in [0.2, 0.25) is 0 Å². The van der Waals surface area contributed by atoms with Gasteiger partial charge >= 0.3 is 12.3 Å². The summed E-state index contributed by atoms with van der Waals surface area (Å²) < 4.78 is 39.4. The lowest BCUT2D eigenvalue weighted by atomic mass is 10.0. The van der Waals surface area contributed by atoms with Gasteiger partial charge in [0.2, 0.25) is 5.91 Å². The SMILES string of the molecule is Cc1ccccc1C(C)NC(=O)CNC(=O)OCC(F)(F)F. The Morgan fingerprint density at radius 1 is 1.27 bits per heavy atom.